The molecule has 0 radical (unpaired) electrons. The summed E-state index contributed by atoms with van der Waals surface area (Å²) in [6.07, 6.45) is 1.47. The summed E-state index contributed by atoms with van der Waals surface area (Å²) < 4.78 is 13.9. The summed E-state index contributed by atoms with van der Waals surface area (Å²) in [5.41, 5.74) is 0.946. The molecule has 0 bridgehead atoms. The first-order valence-electron chi connectivity index (χ1n) is 3.30. The maximum atomic E-state index is 13.2. The molecule has 1 rings (SSSR count). The minimum atomic E-state index is -0.387. The molecule has 0 aliphatic heterocycles. The topological polar surface area (TPSA) is 35.9 Å². The van der Waals surface area contributed by atoms with Gasteiger partial charge in [0.2, 0.25) is 0 Å². The van der Waals surface area contributed by atoms with E-state index in [1.807, 2.05) is 0 Å². The summed E-state index contributed by atoms with van der Waals surface area (Å²) in [6, 6.07) is 3.11. The van der Waals surface area contributed by atoms with Gasteiger partial charge in [0.15, 0.2) is 0 Å². The molecular weight excluding hydrogens is 369 g/mol. The van der Waals surface area contributed by atoms with Crippen LogP contribution in [0.15, 0.2) is 16.6 Å². The maximum absolute atomic E-state index is 13.2. The third-order valence-corrected chi connectivity index (χ3v) is 3.05. The number of hydrogen-bond donors (Lipinski definition) is 2. The lowest BCUT2D eigenvalue weighted by Crippen LogP contribution is -1.94. The van der Waals surface area contributed by atoms with Crippen LogP contribution in [0, 0.1) is 11.2 Å². The smallest absolute Gasteiger partial charge is 0.135 e. The predicted molar refractivity (Wildman–Crippen MR) is 67.9 cm³/mol. The lowest BCUT2D eigenvalue weighted by Gasteiger charge is -2.07. The zero-order valence-electron chi connectivity index (χ0n) is 6.37. The van der Waals surface area contributed by atoms with Crippen LogP contribution in [0.1, 0.15) is 5.56 Å². The van der Waals surface area contributed by atoms with Gasteiger partial charge in [-0.25, -0.2) is 4.39 Å². The number of anilines is 1. The normalized spacial score (nSPS) is 10.7. The van der Waals surface area contributed by atoms with Crippen LogP contribution in [0.5, 0.6) is 0 Å². The van der Waals surface area contributed by atoms with Crippen molar-refractivity contribution >= 4 is 56.2 Å². The van der Waals surface area contributed by atoms with E-state index in [1.165, 1.54) is 6.07 Å². The molecule has 0 fully saturated rings. The van der Waals surface area contributed by atoms with E-state index in [4.69, 9.17) is 5.41 Å². The van der Waals surface area contributed by atoms with Gasteiger partial charge in [-0.15, -0.1) is 0 Å². The maximum Gasteiger partial charge on any atom is 0.135 e. The molecule has 1 unspecified atom stereocenters. The van der Waals surface area contributed by atoms with Crippen LogP contribution in [0.25, 0.3) is 0 Å². The van der Waals surface area contributed by atoms with Crippen molar-refractivity contribution in [3.05, 3.63) is 28.0 Å². The fourth-order valence-corrected chi connectivity index (χ4v) is 2.50. The van der Waals surface area contributed by atoms with E-state index in [-0.39, 0.29) is 5.82 Å². The van der Waals surface area contributed by atoms with Crippen LogP contribution in [0.3, 0.4) is 0 Å². The molecule has 0 aliphatic rings. The second kappa shape index (κ2) is 5.22. The zero-order chi connectivity index (χ0) is 9.84. The van der Waals surface area contributed by atoms with E-state index in [0.29, 0.717) is 22.1 Å². The van der Waals surface area contributed by atoms with Crippen LogP contribution in [-0.4, -0.2) is 6.21 Å². The van der Waals surface area contributed by atoms with Gasteiger partial charge in [-0.1, -0.05) is 15.9 Å². The Bertz CT molecular complexity index is 335. The Morgan fingerprint density at radius 2 is 2.31 bits per heavy atom. The number of hydrogen-bond acceptors (Lipinski definition) is 2. The average molecular weight is 375 g/mol. The van der Waals surface area contributed by atoms with Crippen LogP contribution in [0.2, 0.25) is 0 Å². The number of nitrogens with one attached hydrogen (secondary N) is 2. The van der Waals surface area contributed by atoms with Crippen LogP contribution < -0.4 is 5.09 Å². The van der Waals surface area contributed by atoms with E-state index in [9.17, 15) is 4.39 Å². The van der Waals surface area contributed by atoms with Crippen molar-refractivity contribution in [3.8, 4) is 0 Å². The van der Waals surface area contributed by atoms with Crippen molar-refractivity contribution in [3.63, 3.8) is 0 Å². The van der Waals surface area contributed by atoms with Gasteiger partial charge in [0.25, 0.3) is 0 Å². The highest BCUT2D eigenvalue weighted by Crippen LogP contribution is 2.30. The van der Waals surface area contributed by atoms with Crippen molar-refractivity contribution < 1.29 is 4.39 Å². The van der Waals surface area contributed by atoms with E-state index in [0.717, 1.165) is 6.21 Å². The fraction of sp³-hybridized carbons (Fsp3) is 0. The Morgan fingerprint density at radius 3 is 2.85 bits per heavy atom. The minimum Gasteiger partial charge on any atom is -0.358 e. The molecule has 0 heterocycles. The Morgan fingerprint density at radius 1 is 1.62 bits per heavy atom. The molecule has 0 saturated heterocycles. The number of halogens is 3. The molecule has 70 valence electrons. The molecule has 0 aromatic heterocycles. The zero-order valence-corrected chi connectivity index (χ0v) is 11.1. The van der Waals surface area contributed by atoms with Gasteiger partial charge >= 0.3 is 0 Å². The monoisotopic (exact) mass is 374 g/mol. The Labute approximate surface area is 98.6 Å². The highest BCUT2D eigenvalue weighted by Gasteiger charge is 2.07. The Balaban J connectivity index is 3.20. The van der Waals surface area contributed by atoms with E-state index >= 15 is 0 Å². The van der Waals surface area contributed by atoms with Crippen LogP contribution in [-0.2, 0) is 0 Å². The van der Waals surface area contributed by atoms with Gasteiger partial charge in [-0.3, -0.25) is 0 Å². The molecule has 2 nitrogen and oxygen atoms in total. The van der Waals surface area contributed by atoms with Crippen LogP contribution >= 0.6 is 44.3 Å². The van der Waals surface area contributed by atoms with Gasteiger partial charge in [0, 0.05) is 17.1 Å². The summed E-state index contributed by atoms with van der Waals surface area (Å²) in [5, 5.41) is 10.1. The van der Waals surface area contributed by atoms with Gasteiger partial charge < -0.3 is 10.5 Å². The fourth-order valence-electron chi connectivity index (χ4n) is 0.886. The minimum absolute atomic E-state index is 0.298. The summed E-state index contributed by atoms with van der Waals surface area (Å²) in [4.78, 5) is 0. The Hall–Kier alpha value is 0.260. The molecule has 2 N–H and O–H groups in total. The van der Waals surface area contributed by atoms with Crippen LogP contribution in [0.4, 0.5) is 10.1 Å². The average Bonchev–Trinajstić information content (AvgIpc) is 2.04. The van der Waals surface area contributed by atoms with Gasteiger partial charge in [0.1, 0.15) is 5.82 Å². The largest absolute Gasteiger partial charge is 0.358 e. The van der Waals surface area contributed by atoms with E-state index in [2.05, 4.69) is 43.1 Å². The van der Waals surface area contributed by atoms with Gasteiger partial charge in [0.05, 0.1) is 11.3 Å². The van der Waals surface area contributed by atoms with Crippen molar-refractivity contribution in [2.24, 2.45) is 0 Å². The second-order valence-corrected chi connectivity index (χ2v) is 5.19. The second-order valence-electron chi connectivity index (χ2n) is 2.21. The third kappa shape index (κ3) is 2.86. The van der Waals surface area contributed by atoms with Gasteiger partial charge in [-0.05, 0) is 34.2 Å². The molecule has 6 heteroatoms. The lowest BCUT2D eigenvalue weighted by atomic mass is 10.2. The molecule has 0 amide bonds. The Kier molecular flexibility index (Phi) is 4.55. The standard InChI is InChI=1S/C7H6BrFIN2P/c8-4-1-6(9)5(3-11)7(2-4)12-13-10/h1-3,11-13H. The van der Waals surface area contributed by atoms with Crippen molar-refractivity contribution in [2.45, 2.75) is 0 Å². The molecule has 1 aromatic carbocycles. The molecule has 0 aliphatic carbocycles. The van der Waals surface area contributed by atoms with Crippen molar-refractivity contribution in [2.75, 3.05) is 5.09 Å². The van der Waals surface area contributed by atoms with Crippen molar-refractivity contribution in [1.29, 1.82) is 5.41 Å². The SMILES string of the molecule is N=Cc1c(F)cc(Br)cc1NPI. The quantitative estimate of drug-likeness (QED) is 0.469. The first-order valence-corrected chi connectivity index (χ1v) is 8.21. The van der Waals surface area contributed by atoms with E-state index in [1.54, 1.807) is 6.07 Å². The first-order chi connectivity index (χ1) is 6.19. The highest BCUT2D eigenvalue weighted by atomic mass is 127. The van der Waals surface area contributed by atoms with Gasteiger partial charge in [-0.2, -0.15) is 0 Å². The van der Waals surface area contributed by atoms with E-state index < -0.39 is 0 Å². The van der Waals surface area contributed by atoms with Crippen molar-refractivity contribution in [1.82, 2.24) is 0 Å². The molecule has 0 saturated carbocycles. The molecule has 1 atom stereocenters. The summed E-state index contributed by atoms with van der Waals surface area (Å²) in [5.74, 6) is -0.387. The molecular formula is C7H6BrFIN2P. The predicted octanol–water partition coefficient (Wildman–Crippen LogP) is 3.94. The molecule has 0 spiro atoms. The summed E-state index contributed by atoms with van der Waals surface area (Å²) in [6.45, 7) is 0. The summed E-state index contributed by atoms with van der Waals surface area (Å²) in [7, 11) is 0. The molecule has 1 aromatic rings. The first kappa shape index (κ1) is 11.3. The third-order valence-electron chi connectivity index (χ3n) is 1.42. The summed E-state index contributed by atoms with van der Waals surface area (Å²) >= 11 is 5.34. The highest BCUT2D eigenvalue weighted by molar-refractivity contribution is 14.2. The molecule has 13 heavy (non-hydrogen) atoms. The number of rotatable bonds is 3. The lowest BCUT2D eigenvalue weighted by molar-refractivity contribution is 0.625. The number of benzene rings is 1.